The van der Waals surface area contributed by atoms with Gasteiger partial charge in [0.25, 0.3) is 0 Å². The van der Waals surface area contributed by atoms with Crippen LogP contribution < -0.4 is 10.6 Å². The number of ether oxygens (including phenoxy) is 1. The lowest BCUT2D eigenvalue weighted by Crippen LogP contribution is -2.68. The maximum absolute atomic E-state index is 12.4. The third kappa shape index (κ3) is 3.61. The maximum atomic E-state index is 12.4. The number of H-pyrrole nitrogens is 1. The molecule has 3 atom stereocenters. The van der Waals surface area contributed by atoms with Crippen LogP contribution in [0.25, 0.3) is 5.52 Å². The molecule has 3 aromatic rings. The van der Waals surface area contributed by atoms with Crippen molar-refractivity contribution in [2.45, 2.75) is 82.8 Å². The van der Waals surface area contributed by atoms with Gasteiger partial charge in [-0.05, 0) is 44.1 Å². The summed E-state index contributed by atoms with van der Waals surface area (Å²) in [5.74, 6) is 2.75. The lowest BCUT2D eigenvalue weighted by molar-refractivity contribution is -0.0521. The van der Waals surface area contributed by atoms with Gasteiger partial charge in [0.15, 0.2) is 11.6 Å². The fourth-order valence-electron chi connectivity index (χ4n) is 5.85. The number of anilines is 2. The molecule has 0 aromatic carbocycles. The van der Waals surface area contributed by atoms with Crippen LogP contribution >= 0.6 is 0 Å². The Kier molecular flexibility index (Phi) is 4.70. The number of aromatic nitrogens is 5. The predicted molar refractivity (Wildman–Crippen MR) is 128 cm³/mol. The number of amides is 1. The molecule has 7 rings (SSSR count). The van der Waals surface area contributed by atoms with Crippen LogP contribution in [0.5, 0.6) is 0 Å². The van der Waals surface area contributed by atoms with Crippen molar-refractivity contribution in [1.82, 2.24) is 30.1 Å². The number of hydrogen-bond acceptors (Lipinski definition) is 6. The third-order valence-corrected chi connectivity index (χ3v) is 8.05. The van der Waals surface area contributed by atoms with E-state index in [1.807, 2.05) is 16.8 Å². The zero-order chi connectivity index (χ0) is 23.7. The van der Waals surface area contributed by atoms with Gasteiger partial charge in [0.1, 0.15) is 11.6 Å². The Morgan fingerprint density at radius 3 is 2.74 bits per heavy atom. The summed E-state index contributed by atoms with van der Waals surface area (Å²) >= 11 is 0. The molecule has 4 fully saturated rings. The smallest absolute Gasteiger partial charge is 0.407 e. The molecule has 2 bridgehead atoms. The highest BCUT2D eigenvalue weighted by atomic mass is 16.6. The highest BCUT2D eigenvalue weighted by molar-refractivity contribution is 5.72. The second-order valence-electron chi connectivity index (χ2n) is 11.6. The number of hydrogen-bond donors (Lipinski definition) is 3. The molecule has 0 radical (unpaired) electrons. The first-order valence-corrected chi connectivity index (χ1v) is 12.4. The molecule has 180 valence electrons. The average molecular weight is 464 g/mol. The molecule has 0 spiro atoms. The summed E-state index contributed by atoms with van der Waals surface area (Å²) in [6, 6.07) is 4.11. The largest absolute Gasteiger partial charge is 0.446 e. The van der Waals surface area contributed by atoms with Gasteiger partial charge < -0.3 is 15.4 Å². The number of carbonyl (C=O) groups is 1. The fraction of sp³-hybridized carbons (Fsp3) is 0.600. The normalized spacial score (nSPS) is 30.0. The predicted octanol–water partition coefficient (Wildman–Crippen LogP) is 4.65. The quantitative estimate of drug-likeness (QED) is 0.508. The number of carbonyl (C=O) groups excluding carboxylic acids is 1. The summed E-state index contributed by atoms with van der Waals surface area (Å²) in [6.45, 7) is 8.60. The average Bonchev–Trinajstić information content (AvgIpc) is 3.43. The Morgan fingerprint density at radius 1 is 1.24 bits per heavy atom. The molecule has 3 heterocycles. The first-order valence-electron chi connectivity index (χ1n) is 12.4. The molecule has 1 amide bonds. The molecule has 3 aromatic heterocycles. The van der Waals surface area contributed by atoms with E-state index in [-0.39, 0.29) is 35.0 Å². The van der Waals surface area contributed by atoms with Crippen molar-refractivity contribution in [2.75, 3.05) is 5.32 Å². The van der Waals surface area contributed by atoms with Gasteiger partial charge in [-0.2, -0.15) is 10.2 Å². The first-order chi connectivity index (χ1) is 16.2. The van der Waals surface area contributed by atoms with E-state index in [2.05, 4.69) is 59.6 Å². The van der Waals surface area contributed by atoms with Gasteiger partial charge in [0, 0.05) is 46.9 Å². The molecule has 34 heavy (non-hydrogen) atoms. The highest BCUT2D eigenvalue weighted by Crippen LogP contribution is 2.57. The summed E-state index contributed by atoms with van der Waals surface area (Å²) in [4.78, 5) is 16.9. The van der Waals surface area contributed by atoms with Crippen molar-refractivity contribution in [1.29, 1.82) is 0 Å². The Bertz CT molecular complexity index is 1220. The third-order valence-electron chi connectivity index (χ3n) is 8.05. The van der Waals surface area contributed by atoms with Crippen molar-refractivity contribution < 1.29 is 9.53 Å². The van der Waals surface area contributed by atoms with Crippen LogP contribution in [0.15, 0.2) is 24.5 Å². The van der Waals surface area contributed by atoms with Crippen LogP contribution in [0.1, 0.15) is 77.1 Å². The van der Waals surface area contributed by atoms with Gasteiger partial charge in [-0.25, -0.2) is 14.3 Å². The number of aromatic amines is 1. The molecular weight excluding hydrogens is 430 g/mol. The van der Waals surface area contributed by atoms with E-state index < -0.39 is 0 Å². The van der Waals surface area contributed by atoms with Crippen molar-refractivity contribution >= 4 is 23.2 Å². The van der Waals surface area contributed by atoms with E-state index in [0.29, 0.717) is 5.82 Å². The second kappa shape index (κ2) is 7.45. The van der Waals surface area contributed by atoms with Gasteiger partial charge >= 0.3 is 6.09 Å². The zero-order valence-electron chi connectivity index (χ0n) is 20.3. The molecule has 0 saturated heterocycles. The topological polar surface area (TPSA) is 109 Å². The monoisotopic (exact) mass is 463 g/mol. The SMILES string of the molecule is CC1C(OC(=O)NC23CC(C2)C3)CCC1c1cc(Nc2nccn3nc(C(C)(C)C)cc23)n[nH]1. The van der Waals surface area contributed by atoms with Gasteiger partial charge in [-0.15, -0.1) is 0 Å². The Hall–Kier alpha value is -3.10. The Morgan fingerprint density at radius 2 is 2.03 bits per heavy atom. The number of nitrogens with zero attached hydrogens (tertiary/aromatic N) is 4. The molecule has 9 nitrogen and oxygen atoms in total. The number of alkyl carbamates (subject to hydrolysis) is 1. The van der Waals surface area contributed by atoms with Crippen molar-refractivity contribution in [3.8, 4) is 0 Å². The number of nitrogens with one attached hydrogen (secondary N) is 3. The zero-order valence-corrected chi connectivity index (χ0v) is 20.3. The van der Waals surface area contributed by atoms with Crippen molar-refractivity contribution in [3.63, 3.8) is 0 Å². The number of fused-ring (bicyclic) bond motifs is 1. The summed E-state index contributed by atoms with van der Waals surface area (Å²) < 4.78 is 7.68. The van der Waals surface area contributed by atoms with E-state index >= 15 is 0 Å². The molecule has 9 heteroatoms. The van der Waals surface area contributed by atoms with Crippen LogP contribution in [0, 0.1) is 11.8 Å². The van der Waals surface area contributed by atoms with Crippen molar-refractivity contribution in [2.24, 2.45) is 11.8 Å². The van der Waals surface area contributed by atoms with E-state index in [9.17, 15) is 4.79 Å². The lowest BCUT2D eigenvalue weighted by atomic mass is 9.50. The van der Waals surface area contributed by atoms with E-state index in [1.165, 1.54) is 0 Å². The highest BCUT2D eigenvalue weighted by Gasteiger charge is 2.57. The molecule has 4 saturated carbocycles. The molecule has 4 aliphatic rings. The first kappa shape index (κ1) is 21.4. The van der Waals surface area contributed by atoms with Gasteiger partial charge in [-0.3, -0.25) is 5.10 Å². The molecule has 0 aliphatic heterocycles. The minimum atomic E-state index is -0.253. The van der Waals surface area contributed by atoms with Crippen LogP contribution in [0.2, 0.25) is 0 Å². The van der Waals surface area contributed by atoms with Gasteiger partial charge in [0.2, 0.25) is 0 Å². The van der Waals surface area contributed by atoms with Gasteiger partial charge in [0.05, 0.1) is 5.69 Å². The second-order valence-corrected chi connectivity index (χ2v) is 11.6. The Balaban J connectivity index is 1.12. The van der Waals surface area contributed by atoms with Crippen LogP contribution in [0.4, 0.5) is 16.4 Å². The van der Waals surface area contributed by atoms with Crippen LogP contribution in [-0.2, 0) is 10.2 Å². The van der Waals surface area contributed by atoms with E-state index in [4.69, 9.17) is 9.84 Å². The van der Waals surface area contributed by atoms with E-state index in [0.717, 1.165) is 60.7 Å². The summed E-state index contributed by atoms with van der Waals surface area (Å²) in [5, 5.41) is 18.8. The molecule has 3 N–H and O–H groups in total. The lowest BCUT2D eigenvalue weighted by Gasteiger charge is -2.61. The molecular formula is C25H33N7O2. The van der Waals surface area contributed by atoms with Crippen LogP contribution in [0.3, 0.4) is 0 Å². The minimum absolute atomic E-state index is 0.0469. The number of rotatable bonds is 5. The minimum Gasteiger partial charge on any atom is -0.446 e. The van der Waals surface area contributed by atoms with Gasteiger partial charge in [-0.1, -0.05) is 27.7 Å². The standard InChI is InChI=1S/C25H33N7O2/c1-14-16(5-6-19(14)34-23(33)28-25-11-15(12-25)13-25)17-9-21(30-29-17)27-22-18-10-20(24(2,3)4)31-32(18)8-7-26-22/h7-10,14-16,19H,5-6,11-13H2,1-4H3,(H,28,33)(H2,26,27,29,30). The summed E-state index contributed by atoms with van der Waals surface area (Å²) in [6.07, 6.45) is 8.45. The van der Waals surface area contributed by atoms with Crippen molar-refractivity contribution in [3.05, 3.63) is 35.9 Å². The fourth-order valence-corrected chi connectivity index (χ4v) is 5.85. The summed E-state index contributed by atoms with van der Waals surface area (Å²) in [7, 11) is 0. The van der Waals surface area contributed by atoms with Crippen LogP contribution in [-0.4, -0.2) is 42.5 Å². The van der Waals surface area contributed by atoms with E-state index in [1.54, 1.807) is 6.20 Å². The molecule has 4 aliphatic carbocycles. The summed E-state index contributed by atoms with van der Waals surface area (Å²) in [5.41, 5.74) is 2.98. The Labute approximate surface area is 199 Å². The maximum Gasteiger partial charge on any atom is 0.407 e. The molecule has 3 unspecified atom stereocenters.